The van der Waals surface area contributed by atoms with Crippen molar-refractivity contribution in [1.29, 1.82) is 0 Å². The van der Waals surface area contributed by atoms with Crippen LogP contribution in [0.1, 0.15) is 45.4 Å². The van der Waals surface area contributed by atoms with Crippen LogP contribution in [0.3, 0.4) is 0 Å². The van der Waals surface area contributed by atoms with Crippen LogP contribution in [0, 0.1) is 5.92 Å². The van der Waals surface area contributed by atoms with E-state index in [1.54, 1.807) is 0 Å². The van der Waals surface area contributed by atoms with Gasteiger partial charge in [-0.15, -0.1) is 0 Å². The first-order valence-electron chi connectivity index (χ1n) is 6.70. The Bertz CT molecular complexity index is 320. The molecule has 1 aliphatic heterocycles. The third-order valence-electron chi connectivity index (χ3n) is 4.40. The van der Waals surface area contributed by atoms with E-state index in [0.29, 0.717) is 6.42 Å². The van der Waals surface area contributed by atoms with Crippen molar-refractivity contribution < 1.29 is 9.90 Å². The molecule has 0 aromatic heterocycles. The maximum atomic E-state index is 12.1. The zero-order valence-corrected chi connectivity index (χ0v) is 10.7. The Morgan fingerprint density at radius 3 is 2.65 bits per heavy atom. The van der Waals surface area contributed by atoms with Gasteiger partial charge in [-0.05, 0) is 44.6 Å². The smallest absolute Gasteiger partial charge is 0.222 e. The van der Waals surface area contributed by atoms with Gasteiger partial charge < -0.3 is 10.0 Å². The Morgan fingerprint density at radius 2 is 2.06 bits per heavy atom. The van der Waals surface area contributed by atoms with Crippen LogP contribution in [0.15, 0.2) is 12.2 Å². The quantitative estimate of drug-likeness (QED) is 0.764. The van der Waals surface area contributed by atoms with Crippen LogP contribution in [-0.4, -0.2) is 34.6 Å². The number of nitrogens with zero attached hydrogens (tertiary/aromatic N) is 1. The average molecular weight is 237 g/mol. The summed E-state index contributed by atoms with van der Waals surface area (Å²) in [6.45, 7) is 7.56. The molecule has 1 saturated heterocycles. The first-order chi connectivity index (χ1) is 8.04. The van der Waals surface area contributed by atoms with Crippen molar-refractivity contribution in [1.82, 2.24) is 4.90 Å². The van der Waals surface area contributed by atoms with Crippen LogP contribution in [0.2, 0.25) is 0 Å². The van der Waals surface area contributed by atoms with Gasteiger partial charge in [0.05, 0.1) is 5.60 Å². The molecule has 0 unspecified atom stereocenters. The second-order valence-electron chi connectivity index (χ2n) is 5.59. The molecule has 3 heteroatoms. The highest BCUT2D eigenvalue weighted by Gasteiger charge is 2.43. The Morgan fingerprint density at radius 1 is 1.41 bits per heavy atom. The standard InChI is InChI=1S/C14H23NO2/c1-11(2)14(17)7-5-6-12(14)10-13(16)15-8-3-4-9-15/h12,17H,1,3-10H2,2H3/t12-,14+/m1/s1. The van der Waals surface area contributed by atoms with Gasteiger partial charge in [0.15, 0.2) is 0 Å². The van der Waals surface area contributed by atoms with E-state index in [9.17, 15) is 9.90 Å². The van der Waals surface area contributed by atoms with Crippen LogP contribution in [0.25, 0.3) is 0 Å². The molecule has 1 heterocycles. The highest BCUT2D eigenvalue weighted by Crippen LogP contribution is 2.42. The molecule has 96 valence electrons. The van der Waals surface area contributed by atoms with Crippen molar-refractivity contribution in [2.45, 2.75) is 51.0 Å². The van der Waals surface area contributed by atoms with Crippen molar-refractivity contribution >= 4 is 5.91 Å². The Hall–Kier alpha value is -0.830. The lowest BCUT2D eigenvalue weighted by molar-refractivity contribution is -0.132. The zero-order chi connectivity index (χ0) is 12.5. The molecule has 2 rings (SSSR count). The number of carbonyl (C=O) groups is 1. The lowest BCUT2D eigenvalue weighted by Gasteiger charge is -2.31. The predicted molar refractivity (Wildman–Crippen MR) is 67.5 cm³/mol. The number of rotatable bonds is 3. The SMILES string of the molecule is C=C(C)[C@@]1(O)CCC[C@@H]1CC(=O)N1CCCC1. The van der Waals surface area contributed by atoms with Gasteiger partial charge in [-0.1, -0.05) is 6.58 Å². The molecule has 0 radical (unpaired) electrons. The van der Waals surface area contributed by atoms with Gasteiger partial charge in [0.1, 0.15) is 0 Å². The molecule has 1 saturated carbocycles. The van der Waals surface area contributed by atoms with Crippen molar-refractivity contribution in [3.63, 3.8) is 0 Å². The minimum atomic E-state index is -0.796. The highest BCUT2D eigenvalue weighted by atomic mass is 16.3. The summed E-state index contributed by atoms with van der Waals surface area (Å²) in [5.74, 6) is 0.294. The van der Waals surface area contributed by atoms with Gasteiger partial charge in [0, 0.05) is 25.4 Å². The predicted octanol–water partition coefficient (Wildman–Crippen LogP) is 2.11. The number of likely N-dealkylation sites (tertiary alicyclic amines) is 1. The molecule has 2 fully saturated rings. The van der Waals surface area contributed by atoms with Crippen LogP contribution in [-0.2, 0) is 4.79 Å². The summed E-state index contributed by atoms with van der Waals surface area (Å²) in [4.78, 5) is 14.0. The van der Waals surface area contributed by atoms with Crippen molar-refractivity contribution in [3.05, 3.63) is 12.2 Å². The molecule has 1 amide bonds. The summed E-state index contributed by atoms with van der Waals surface area (Å²) in [6.07, 6.45) is 5.45. The van der Waals surface area contributed by atoms with E-state index in [2.05, 4.69) is 6.58 Å². The number of aliphatic hydroxyl groups is 1. The maximum absolute atomic E-state index is 12.1. The number of carbonyl (C=O) groups excluding carboxylic acids is 1. The van der Waals surface area contributed by atoms with Crippen LogP contribution in [0.4, 0.5) is 0 Å². The summed E-state index contributed by atoms with van der Waals surface area (Å²) < 4.78 is 0. The average Bonchev–Trinajstić information content (AvgIpc) is 2.89. The second-order valence-corrected chi connectivity index (χ2v) is 5.59. The second kappa shape index (κ2) is 4.81. The molecular weight excluding hydrogens is 214 g/mol. The zero-order valence-electron chi connectivity index (χ0n) is 10.7. The molecule has 0 bridgehead atoms. The summed E-state index contributed by atoms with van der Waals surface area (Å²) >= 11 is 0. The van der Waals surface area contributed by atoms with E-state index < -0.39 is 5.60 Å². The minimum absolute atomic E-state index is 0.0769. The molecule has 2 aliphatic rings. The fourth-order valence-electron chi connectivity index (χ4n) is 3.20. The van der Waals surface area contributed by atoms with Gasteiger partial charge in [-0.3, -0.25) is 4.79 Å². The number of amides is 1. The van der Waals surface area contributed by atoms with Gasteiger partial charge in [0.2, 0.25) is 5.91 Å². The molecule has 3 nitrogen and oxygen atoms in total. The molecule has 0 aromatic carbocycles. The third kappa shape index (κ3) is 2.39. The van der Waals surface area contributed by atoms with Crippen LogP contribution < -0.4 is 0 Å². The Balaban J connectivity index is 1.98. The van der Waals surface area contributed by atoms with E-state index in [-0.39, 0.29) is 11.8 Å². The van der Waals surface area contributed by atoms with Crippen LogP contribution >= 0.6 is 0 Å². The van der Waals surface area contributed by atoms with Crippen molar-refractivity contribution in [3.8, 4) is 0 Å². The topological polar surface area (TPSA) is 40.5 Å². The van der Waals surface area contributed by atoms with E-state index in [0.717, 1.165) is 50.8 Å². The highest BCUT2D eigenvalue weighted by molar-refractivity contribution is 5.77. The van der Waals surface area contributed by atoms with E-state index >= 15 is 0 Å². The Kier molecular flexibility index (Phi) is 3.57. The molecule has 0 aromatic rings. The molecular formula is C14H23NO2. The van der Waals surface area contributed by atoms with E-state index in [1.165, 1.54) is 0 Å². The summed E-state index contributed by atoms with van der Waals surface area (Å²) in [5, 5.41) is 10.5. The minimum Gasteiger partial charge on any atom is -0.385 e. The number of hydrogen-bond donors (Lipinski definition) is 1. The Labute approximate surface area is 103 Å². The van der Waals surface area contributed by atoms with Crippen molar-refractivity contribution in [2.75, 3.05) is 13.1 Å². The molecule has 17 heavy (non-hydrogen) atoms. The monoisotopic (exact) mass is 237 g/mol. The summed E-state index contributed by atoms with van der Waals surface area (Å²) in [7, 11) is 0. The molecule has 1 aliphatic carbocycles. The fraction of sp³-hybridized carbons (Fsp3) is 0.786. The molecule has 0 spiro atoms. The van der Waals surface area contributed by atoms with Crippen LogP contribution in [0.5, 0.6) is 0 Å². The van der Waals surface area contributed by atoms with Crippen molar-refractivity contribution in [2.24, 2.45) is 5.92 Å². The van der Waals surface area contributed by atoms with Gasteiger partial charge in [0.25, 0.3) is 0 Å². The lowest BCUT2D eigenvalue weighted by Crippen LogP contribution is -2.38. The maximum Gasteiger partial charge on any atom is 0.222 e. The lowest BCUT2D eigenvalue weighted by atomic mass is 9.83. The summed E-state index contributed by atoms with van der Waals surface area (Å²) in [5.41, 5.74) is 0.0178. The largest absolute Gasteiger partial charge is 0.385 e. The number of hydrogen-bond acceptors (Lipinski definition) is 2. The third-order valence-corrected chi connectivity index (χ3v) is 4.40. The van der Waals surface area contributed by atoms with Gasteiger partial charge in [-0.2, -0.15) is 0 Å². The molecule has 2 atom stereocenters. The van der Waals surface area contributed by atoms with E-state index in [1.807, 2.05) is 11.8 Å². The first kappa shape index (κ1) is 12.6. The van der Waals surface area contributed by atoms with E-state index in [4.69, 9.17) is 0 Å². The van der Waals surface area contributed by atoms with Gasteiger partial charge in [-0.25, -0.2) is 0 Å². The van der Waals surface area contributed by atoms with Gasteiger partial charge >= 0.3 is 0 Å². The first-order valence-corrected chi connectivity index (χ1v) is 6.70. The fourth-order valence-corrected chi connectivity index (χ4v) is 3.20. The molecule has 1 N–H and O–H groups in total. The summed E-state index contributed by atoms with van der Waals surface area (Å²) in [6, 6.07) is 0. The normalized spacial score (nSPS) is 33.1.